The minimum absolute atomic E-state index is 0.0256. The molecule has 0 aliphatic carbocycles. The van der Waals surface area contributed by atoms with Crippen molar-refractivity contribution >= 4 is 51.7 Å². The van der Waals surface area contributed by atoms with E-state index in [-0.39, 0.29) is 5.91 Å². The Hall–Kier alpha value is -2.51. The maximum Gasteiger partial charge on any atom is 0.257 e. The van der Waals surface area contributed by atoms with Gasteiger partial charge in [-0.2, -0.15) is 11.8 Å². The molecule has 0 spiro atoms. The molecule has 3 heterocycles. The molecule has 29 heavy (non-hydrogen) atoms. The van der Waals surface area contributed by atoms with Crippen LogP contribution in [0.25, 0.3) is 11.0 Å². The van der Waals surface area contributed by atoms with E-state index >= 15 is 0 Å². The van der Waals surface area contributed by atoms with Crippen LogP contribution < -0.4 is 10.1 Å². The molecule has 4 rings (SSSR count). The van der Waals surface area contributed by atoms with E-state index in [4.69, 9.17) is 16.3 Å². The Bertz CT molecular complexity index is 1070. The van der Waals surface area contributed by atoms with E-state index in [0.717, 1.165) is 41.4 Å². The van der Waals surface area contributed by atoms with Crippen molar-refractivity contribution in [2.45, 2.75) is 6.92 Å². The van der Waals surface area contributed by atoms with Crippen molar-refractivity contribution in [3.63, 3.8) is 0 Å². The van der Waals surface area contributed by atoms with Gasteiger partial charge in [-0.25, -0.2) is 9.97 Å². The summed E-state index contributed by atoms with van der Waals surface area (Å²) in [6.07, 6.45) is 1.62. The molecule has 1 N–H and O–H groups in total. The molecule has 1 fully saturated rings. The lowest BCUT2D eigenvalue weighted by atomic mass is 10.1. The Kier molecular flexibility index (Phi) is 5.78. The molecule has 6 nitrogen and oxygen atoms in total. The zero-order chi connectivity index (χ0) is 20.4. The number of nitrogens with zero attached hydrogens (tertiary/aromatic N) is 3. The summed E-state index contributed by atoms with van der Waals surface area (Å²) >= 11 is 8.16. The SMILES string of the molecule is COc1ccc(Nc2c(C(=O)N3CCSCC3)cnc3nc(C)ccc23)cc1Cl. The number of aromatic nitrogens is 2. The van der Waals surface area contributed by atoms with E-state index < -0.39 is 0 Å². The maximum absolute atomic E-state index is 13.3. The van der Waals surface area contributed by atoms with Gasteiger partial charge in [-0.15, -0.1) is 0 Å². The molecule has 1 saturated heterocycles. The van der Waals surface area contributed by atoms with Crippen LogP contribution in [-0.2, 0) is 0 Å². The Morgan fingerprint density at radius 3 is 2.76 bits per heavy atom. The summed E-state index contributed by atoms with van der Waals surface area (Å²) in [6.45, 7) is 3.39. The predicted molar refractivity (Wildman–Crippen MR) is 119 cm³/mol. The molecule has 3 aromatic rings. The number of hydrogen-bond donors (Lipinski definition) is 1. The topological polar surface area (TPSA) is 67.3 Å². The Morgan fingerprint density at radius 2 is 2.03 bits per heavy atom. The lowest BCUT2D eigenvalue weighted by Crippen LogP contribution is -2.38. The summed E-state index contributed by atoms with van der Waals surface area (Å²) in [5.41, 5.74) is 3.44. The van der Waals surface area contributed by atoms with Crippen LogP contribution in [0.3, 0.4) is 0 Å². The average molecular weight is 429 g/mol. The number of carbonyl (C=O) groups is 1. The highest BCUT2D eigenvalue weighted by molar-refractivity contribution is 7.99. The third kappa shape index (κ3) is 4.11. The summed E-state index contributed by atoms with van der Waals surface area (Å²) in [7, 11) is 1.58. The van der Waals surface area contributed by atoms with Crippen LogP contribution in [-0.4, -0.2) is 52.5 Å². The summed E-state index contributed by atoms with van der Waals surface area (Å²) in [6, 6.07) is 9.30. The fourth-order valence-corrected chi connectivity index (χ4v) is 4.45. The fourth-order valence-electron chi connectivity index (χ4n) is 3.29. The quantitative estimate of drug-likeness (QED) is 0.658. The standard InChI is InChI=1S/C21H21ClN4O2S/c1-13-3-5-15-19(25-14-4-6-18(28-2)17(22)11-14)16(12-23-20(15)24-13)21(27)26-7-9-29-10-8-26/h3-6,11-12H,7-10H2,1-2H3,(H,23,24,25). The van der Waals surface area contributed by atoms with Gasteiger partial charge < -0.3 is 15.0 Å². The number of carbonyl (C=O) groups excluding carboxylic acids is 1. The molecule has 0 saturated carbocycles. The van der Waals surface area contributed by atoms with Crippen LogP contribution in [0.5, 0.6) is 5.75 Å². The number of amides is 1. The molecule has 0 unspecified atom stereocenters. The summed E-state index contributed by atoms with van der Waals surface area (Å²) in [4.78, 5) is 24.1. The highest BCUT2D eigenvalue weighted by Gasteiger charge is 2.23. The number of nitrogens with one attached hydrogen (secondary N) is 1. The van der Waals surface area contributed by atoms with E-state index in [9.17, 15) is 4.79 Å². The first kappa shape index (κ1) is 19.8. The number of rotatable bonds is 4. The Morgan fingerprint density at radius 1 is 1.24 bits per heavy atom. The molecule has 8 heteroatoms. The summed E-state index contributed by atoms with van der Waals surface area (Å²) < 4.78 is 5.23. The number of aryl methyl sites for hydroxylation is 1. The summed E-state index contributed by atoms with van der Waals surface area (Å²) in [5, 5.41) is 4.66. The van der Waals surface area contributed by atoms with Gasteiger partial charge in [0.1, 0.15) is 5.75 Å². The second-order valence-electron chi connectivity index (χ2n) is 6.75. The second-order valence-corrected chi connectivity index (χ2v) is 8.38. The number of ether oxygens (including phenoxy) is 1. The molecule has 2 aromatic heterocycles. The Labute approximate surface area is 178 Å². The number of hydrogen-bond acceptors (Lipinski definition) is 6. The molecular formula is C21H21ClN4O2S. The number of fused-ring (bicyclic) bond motifs is 1. The lowest BCUT2D eigenvalue weighted by molar-refractivity contribution is 0.0773. The molecule has 1 aromatic carbocycles. The second kappa shape index (κ2) is 8.47. The van der Waals surface area contributed by atoms with Crippen LogP contribution in [0.1, 0.15) is 16.1 Å². The minimum atomic E-state index is -0.0256. The van der Waals surface area contributed by atoms with Crippen molar-refractivity contribution in [1.82, 2.24) is 14.9 Å². The minimum Gasteiger partial charge on any atom is -0.495 e. The number of anilines is 2. The van der Waals surface area contributed by atoms with Crippen molar-refractivity contribution in [2.24, 2.45) is 0 Å². The number of methoxy groups -OCH3 is 1. The van der Waals surface area contributed by atoms with Crippen LogP contribution in [0.4, 0.5) is 11.4 Å². The third-order valence-corrected chi connectivity index (χ3v) is 6.06. The van der Waals surface area contributed by atoms with Crippen LogP contribution in [0.2, 0.25) is 5.02 Å². The molecule has 0 bridgehead atoms. The van der Waals surface area contributed by atoms with Gasteiger partial charge in [-0.3, -0.25) is 4.79 Å². The highest BCUT2D eigenvalue weighted by Crippen LogP contribution is 2.33. The number of halogens is 1. The van der Waals surface area contributed by atoms with Crippen molar-refractivity contribution < 1.29 is 9.53 Å². The molecule has 1 aliphatic rings. The van der Waals surface area contributed by atoms with Gasteiger partial charge in [0.25, 0.3) is 5.91 Å². The van der Waals surface area contributed by atoms with Gasteiger partial charge in [-0.1, -0.05) is 11.6 Å². The number of pyridine rings is 2. The average Bonchev–Trinajstić information content (AvgIpc) is 2.74. The largest absolute Gasteiger partial charge is 0.495 e. The van der Waals surface area contributed by atoms with Gasteiger partial charge >= 0.3 is 0 Å². The molecule has 1 aliphatic heterocycles. The van der Waals surface area contributed by atoms with Gasteiger partial charge in [0.2, 0.25) is 0 Å². The van der Waals surface area contributed by atoms with Gasteiger partial charge in [0.05, 0.1) is 23.4 Å². The fraction of sp³-hybridized carbons (Fsp3) is 0.286. The Balaban J connectivity index is 1.80. The monoisotopic (exact) mass is 428 g/mol. The zero-order valence-corrected chi connectivity index (χ0v) is 17.8. The predicted octanol–water partition coefficient (Wildman–Crippen LogP) is 4.53. The smallest absolute Gasteiger partial charge is 0.257 e. The van der Waals surface area contributed by atoms with Crippen molar-refractivity contribution in [3.8, 4) is 5.75 Å². The summed E-state index contributed by atoms with van der Waals surface area (Å²) in [5.74, 6) is 2.47. The van der Waals surface area contributed by atoms with E-state index in [1.54, 1.807) is 25.4 Å². The lowest BCUT2D eigenvalue weighted by Gasteiger charge is -2.27. The molecular weight excluding hydrogens is 408 g/mol. The van der Waals surface area contributed by atoms with Crippen molar-refractivity contribution in [3.05, 3.63) is 52.8 Å². The first-order chi connectivity index (χ1) is 14.1. The highest BCUT2D eigenvalue weighted by atomic mass is 35.5. The van der Waals surface area contributed by atoms with E-state index in [1.807, 2.05) is 41.8 Å². The van der Waals surface area contributed by atoms with Gasteiger partial charge in [-0.05, 0) is 37.3 Å². The first-order valence-corrected chi connectivity index (χ1v) is 10.8. The van der Waals surface area contributed by atoms with Crippen molar-refractivity contribution in [1.29, 1.82) is 0 Å². The van der Waals surface area contributed by atoms with E-state index in [1.165, 1.54) is 0 Å². The molecule has 0 radical (unpaired) electrons. The van der Waals surface area contributed by atoms with Crippen LogP contribution in [0.15, 0.2) is 36.5 Å². The molecule has 150 valence electrons. The third-order valence-electron chi connectivity index (χ3n) is 4.82. The zero-order valence-electron chi connectivity index (χ0n) is 16.2. The van der Waals surface area contributed by atoms with E-state index in [0.29, 0.717) is 27.7 Å². The maximum atomic E-state index is 13.3. The van der Waals surface area contributed by atoms with Gasteiger partial charge in [0.15, 0.2) is 5.65 Å². The molecule has 1 amide bonds. The number of benzene rings is 1. The first-order valence-electron chi connectivity index (χ1n) is 9.31. The number of thioether (sulfide) groups is 1. The normalized spacial score (nSPS) is 14.1. The van der Waals surface area contributed by atoms with Crippen molar-refractivity contribution in [2.75, 3.05) is 37.0 Å². The van der Waals surface area contributed by atoms with Crippen LogP contribution >= 0.6 is 23.4 Å². The van der Waals surface area contributed by atoms with Crippen LogP contribution in [0, 0.1) is 6.92 Å². The van der Waals surface area contributed by atoms with E-state index in [2.05, 4.69) is 15.3 Å². The molecule has 0 atom stereocenters. The van der Waals surface area contributed by atoms with Gasteiger partial charge in [0, 0.05) is 47.6 Å².